The van der Waals surface area contributed by atoms with Crippen molar-refractivity contribution in [2.75, 3.05) is 5.32 Å². The third-order valence-corrected chi connectivity index (χ3v) is 2.36. The summed E-state index contributed by atoms with van der Waals surface area (Å²) in [6.07, 6.45) is 3.62. The molecule has 16 heavy (non-hydrogen) atoms. The molecule has 4 heteroatoms. The van der Waals surface area contributed by atoms with Crippen LogP contribution in [0.3, 0.4) is 0 Å². The number of pyridine rings is 1. The van der Waals surface area contributed by atoms with E-state index >= 15 is 0 Å². The van der Waals surface area contributed by atoms with Gasteiger partial charge in [0.15, 0.2) is 0 Å². The second kappa shape index (κ2) is 3.70. The Bertz CT molecular complexity index is 604. The van der Waals surface area contributed by atoms with Gasteiger partial charge in [0.25, 0.3) is 0 Å². The first-order chi connectivity index (χ1) is 7.61. The van der Waals surface area contributed by atoms with Crippen molar-refractivity contribution in [2.24, 2.45) is 0 Å². The van der Waals surface area contributed by atoms with E-state index in [1.165, 1.54) is 6.92 Å². The van der Waals surface area contributed by atoms with Crippen LogP contribution in [0.1, 0.15) is 18.1 Å². The molecule has 4 nitrogen and oxygen atoms in total. The number of amides is 1. The highest BCUT2D eigenvalue weighted by molar-refractivity contribution is 5.92. The molecule has 2 heterocycles. The highest BCUT2D eigenvalue weighted by Gasteiger charge is 2.10. The van der Waals surface area contributed by atoms with E-state index in [1.807, 2.05) is 29.7 Å². The topological polar surface area (TPSA) is 57.3 Å². The largest absolute Gasteiger partial charge is 0.324 e. The highest BCUT2D eigenvalue weighted by Crippen LogP contribution is 2.23. The summed E-state index contributed by atoms with van der Waals surface area (Å²) in [5, 5.41) is 11.7. The third kappa shape index (κ3) is 1.63. The average molecular weight is 213 g/mol. The first-order valence-corrected chi connectivity index (χ1v) is 4.91. The SMILES string of the molecule is CC(=O)Nc1cn2ccc(C)cc2c1C#N. The lowest BCUT2D eigenvalue weighted by Crippen LogP contribution is -2.05. The van der Waals surface area contributed by atoms with E-state index in [2.05, 4.69) is 11.4 Å². The molecule has 0 unspecified atom stereocenters. The van der Waals surface area contributed by atoms with Crippen LogP contribution in [-0.4, -0.2) is 10.3 Å². The van der Waals surface area contributed by atoms with Gasteiger partial charge in [0, 0.05) is 19.3 Å². The van der Waals surface area contributed by atoms with Gasteiger partial charge in [0.05, 0.1) is 11.2 Å². The van der Waals surface area contributed by atoms with Gasteiger partial charge < -0.3 is 9.72 Å². The zero-order chi connectivity index (χ0) is 11.7. The van der Waals surface area contributed by atoms with Crippen LogP contribution >= 0.6 is 0 Å². The smallest absolute Gasteiger partial charge is 0.221 e. The van der Waals surface area contributed by atoms with Crippen molar-refractivity contribution in [1.82, 2.24) is 4.40 Å². The highest BCUT2D eigenvalue weighted by atomic mass is 16.1. The number of anilines is 1. The summed E-state index contributed by atoms with van der Waals surface area (Å²) in [6, 6.07) is 5.99. The lowest BCUT2D eigenvalue weighted by atomic mass is 10.2. The minimum Gasteiger partial charge on any atom is -0.324 e. The van der Waals surface area contributed by atoms with Crippen molar-refractivity contribution in [1.29, 1.82) is 5.26 Å². The van der Waals surface area contributed by atoms with E-state index in [9.17, 15) is 4.79 Å². The van der Waals surface area contributed by atoms with E-state index < -0.39 is 0 Å². The Labute approximate surface area is 93.1 Å². The Morgan fingerprint density at radius 2 is 2.31 bits per heavy atom. The molecule has 0 fully saturated rings. The van der Waals surface area contributed by atoms with Gasteiger partial charge in [-0.05, 0) is 24.6 Å². The van der Waals surface area contributed by atoms with Gasteiger partial charge in [0.2, 0.25) is 5.91 Å². The fraction of sp³-hybridized carbons (Fsp3) is 0.167. The fourth-order valence-electron chi connectivity index (χ4n) is 1.67. The molecule has 1 amide bonds. The van der Waals surface area contributed by atoms with Crippen molar-refractivity contribution in [3.05, 3.63) is 35.7 Å². The number of nitriles is 1. The quantitative estimate of drug-likeness (QED) is 0.788. The average Bonchev–Trinajstić information content (AvgIpc) is 2.53. The first-order valence-electron chi connectivity index (χ1n) is 4.91. The molecular weight excluding hydrogens is 202 g/mol. The molecule has 1 N–H and O–H groups in total. The van der Waals surface area contributed by atoms with Gasteiger partial charge in [-0.15, -0.1) is 0 Å². The normalized spacial score (nSPS) is 10.1. The summed E-state index contributed by atoms with van der Waals surface area (Å²) in [6.45, 7) is 3.39. The van der Waals surface area contributed by atoms with E-state index in [4.69, 9.17) is 5.26 Å². The molecule has 0 saturated heterocycles. The van der Waals surface area contributed by atoms with E-state index in [-0.39, 0.29) is 5.91 Å². The number of fused-ring (bicyclic) bond motifs is 1. The molecule has 0 aliphatic rings. The third-order valence-electron chi connectivity index (χ3n) is 2.36. The number of aromatic nitrogens is 1. The molecular formula is C12H11N3O. The molecule has 2 aromatic rings. The van der Waals surface area contributed by atoms with Crippen LogP contribution in [-0.2, 0) is 4.79 Å². The predicted molar refractivity (Wildman–Crippen MR) is 61.2 cm³/mol. The number of hydrogen-bond acceptors (Lipinski definition) is 2. The van der Waals surface area contributed by atoms with Crippen LogP contribution in [0.15, 0.2) is 24.5 Å². The zero-order valence-corrected chi connectivity index (χ0v) is 9.11. The number of aryl methyl sites for hydroxylation is 1. The van der Waals surface area contributed by atoms with Gasteiger partial charge in [-0.1, -0.05) is 0 Å². The number of nitrogens with one attached hydrogen (secondary N) is 1. The maximum Gasteiger partial charge on any atom is 0.221 e. The predicted octanol–water partition coefficient (Wildman–Crippen LogP) is 2.08. The summed E-state index contributed by atoms with van der Waals surface area (Å²) < 4.78 is 1.83. The number of carbonyl (C=O) groups excluding carboxylic acids is 1. The standard InChI is InChI=1S/C12H11N3O/c1-8-3-4-15-7-11(14-9(2)16)10(6-13)12(15)5-8/h3-5,7H,1-2H3,(H,14,16). The minimum absolute atomic E-state index is 0.177. The number of nitrogens with zero attached hydrogens (tertiary/aromatic N) is 2. The second-order valence-corrected chi connectivity index (χ2v) is 3.71. The van der Waals surface area contributed by atoms with Crippen molar-refractivity contribution in [2.45, 2.75) is 13.8 Å². The first kappa shape index (κ1) is 10.2. The summed E-state index contributed by atoms with van der Waals surface area (Å²) in [7, 11) is 0. The van der Waals surface area contributed by atoms with Crippen LogP contribution in [0.2, 0.25) is 0 Å². The molecule has 0 aromatic carbocycles. The van der Waals surface area contributed by atoms with Crippen molar-refractivity contribution in [3.8, 4) is 6.07 Å². The maximum absolute atomic E-state index is 11.0. The van der Waals surface area contributed by atoms with Crippen molar-refractivity contribution in [3.63, 3.8) is 0 Å². The van der Waals surface area contributed by atoms with Crippen LogP contribution < -0.4 is 5.32 Å². The van der Waals surface area contributed by atoms with E-state index in [0.29, 0.717) is 11.3 Å². The monoisotopic (exact) mass is 213 g/mol. The summed E-state index contributed by atoms with van der Waals surface area (Å²) in [5.41, 5.74) is 2.95. The Kier molecular flexibility index (Phi) is 2.37. The number of carbonyl (C=O) groups is 1. The molecule has 0 aliphatic heterocycles. The van der Waals surface area contributed by atoms with Crippen molar-refractivity contribution >= 4 is 17.1 Å². The molecule has 0 spiro atoms. The molecule has 0 aliphatic carbocycles. The Hall–Kier alpha value is -2.28. The zero-order valence-electron chi connectivity index (χ0n) is 9.11. The molecule has 2 aromatic heterocycles. The Morgan fingerprint density at radius 3 is 2.94 bits per heavy atom. The number of rotatable bonds is 1. The van der Waals surface area contributed by atoms with Gasteiger partial charge in [-0.25, -0.2) is 0 Å². The van der Waals surface area contributed by atoms with Crippen LogP contribution in [0, 0.1) is 18.3 Å². The van der Waals surface area contributed by atoms with Gasteiger partial charge in [-0.3, -0.25) is 4.79 Å². The summed E-state index contributed by atoms with van der Waals surface area (Å²) in [5.74, 6) is -0.177. The summed E-state index contributed by atoms with van der Waals surface area (Å²) in [4.78, 5) is 11.0. The van der Waals surface area contributed by atoms with E-state index in [1.54, 1.807) is 6.20 Å². The fourth-order valence-corrected chi connectivity index (χ4v) is 1.67. The number of hydrogen-bond donors (Lipinski definition) is 1. The summed E-state index contributed by atoms with van der Waals surface area (Å²) >= 11 is 0. The lowest BCUT2D eigenvalue weighted by molar-refractivity contribution is -0.114. The van der Waals surface area contributed by atoms with Crippen LogP contribution in [0.25, 0.3) is 5.52 Å². The van der Waals surface area contributed by atoms with Gasteiger partial charge in [0.1, 0.15) is 11.6 Å². The lowest BCUT2D eigenvalue weighted by Gasteiger charge is -1.97. The van der Waals surface area contributed by atoms with E-state index in [0.717, 1.165) is 11.1 Å². The van der Waals surface area contributed by atoms with Crippen LogP contribution in [0.5, 0.6) is 0 Å². The molecule has 0 radical (unpaired) electrons. The van der Waals surface area contributed by atoms with Crippen molar-refractivity contribution < 1.29 is 4.79 Å². The molecule has 0 bridgehead atoms. The Morgan fingerprint density at radius 1 is 1.56 bits per heavy atom. The minimum atomic E-state index is -0.177. The molecule has 0 saturated carbocycles. The molecule has 0 atom stereocenters. The second-order valence-electron chi connectivity index (χ2n) is 3.71. The maximum atomic E-state index is 11.0. The molecule has 2 rings (SSSR count). The van der Waals surface area contributed by atoms with Gasteiger partial charge >= 0.3 is 0 Å². The molecule has 80 valence electrons. The van der Waals surface area contributed by atoms with Gasteiger partial charge in [-0.2, -0.15) is 5.26 Å². The Balaban J connectivity index is 2.68. The van der Waals surface area contributed by atoms with Crippen LogP contribution in [0.4, 0.5) is 5.69 Å².